The molecule has 0 aromatic carbocycles. The molecule has 2 N–H and O–H groups in total. The number of aliphatic hydroxyl groups excluding tert-OH is 1. The first-order valence-electron chi connectivity index (χ1n) is 4.81. The molecule has 0 saturated carbocycles. The van der Waals surface area contributed by atoms with E-state index in [-0.39, 0.29) is 24.3 Å². The maximum Gasteiger partial charge on any atom is 0.235 e. The van der Waals surface area contributed by atoms with Crippen molar-refractivity contribution >= 4 is 16.7 Å². The molecule has 5 heteroatoms. The summed E-state index contributed by atoms with van der Waals surface area (Å²) in [5.74, 6) is -0.0409. The summed E-state index contributed by atoms with van der Waals surface area (Å²) < 4.78 is 11.3. The number of hydrogen-bond acceptors (Lipinski definition) is 3. The summed E-state index contributed by atoms with van der Waals surface area (Å²) in [5.41, 5.74) is 0. The predicted molar refractivity (Wildman–Crippen MR) is 57.5 cm³/mol. The molecule has 0 radical (unpaired) electrons. The van der Waals surface area contributed by atoms with Gasteiger partial charge >= 0.3 is 0 Å². The Kier molecular flexibility index (Phi) is 6.74. The molecule has 0 aliphatic carbocycles. The molecule has 3 unspecified atom stereocenters. The molecule has 3 atom stereocenters. The van der Waals surface area contributed by atoms with Crippen LogP contribution in [0.4, 0.5) is 0 Å². The van der Waals surface area contributed by atoms with E-state index in [1.165, 1.54) is 0 Å². The van der Waals surface area contributed by atoms with Gasteiger partial charge in [0.05, 0.1) is 6.61 Å². The Morgan fingerprint density at radius 3 is 2.50 bits per heavy atom. The fourth-order valence-corrected chi connectivity index (χ4v) is 1.69. The molecule has 1 amide bonds. The van der Waals surface area contributed by atoms with Crippen LogP contribution in [0.3, 0.4) is 0 Å². The number of carbonyl (C=O) groups excluding carboxylic acids is 1. The van der Waals surface area contributed by atoms with Crippen molar-refractivity contribution in [3.05, 3.63) is 0 Å². The molecule has 4 nitrogen and oxygen atoms in total. The highest BCUT2D eigenvalue weighted by atomic mass is 32.2. The van der Waals surface area contributed by atoms with Gasteiger partial charge in [-0.05, 0) is 20.3 Å². The van der Waals surface area contributed by atoms with Crippen molar-refractivity contribution in [1.82, 2.24) is 5.32 Å². The molecule has 0 bridgehead atoms. The average molecular weight is 221 g/mol. The van der Waals surface area contributed by atoms with Crippen LogP contribution in [0.5, 0.6) is 0 Å². The Bertz CT molecular complexity index is 208. The molecule has 0 heterocycles. The van der Waals surface area contributed by atoms with Crippen molar-refractivity contribution in [2.24, 2.45) is 0 Å². The van der Waals surface area contributed by atoms with Crippen LogP contribution >= 0.6 is 0 Å². The van der Waals surface area contributed by atoms with E-state index in [0.29, 0.717) is 0 Å². The van der Waals surface area contributed by atoms with Crippen molar-refractivity contribution < 1.29 is 14.1 Å². The Hall–Kier alpha value is -0.420. The normalized spacial score (nSPS) is 17.1. The zero-order valence-corrected chi connectivity index (χ0v) is 9.76. The standard InChI is InChI=1S/C9H19NO3S/c1-4-7(2)10-9(12)8(3)14(13)6-5-11/h7-8,11H,4-6H2,1-3H3,(H,10,12). The average Bonchev–Trinajstić information content (AvgIpc) is 2.16. The molecule has 0 saturated heterocycles. The van der Waals surface area contributed by atoms with Gasteiger partial charge in [0.1, 0.15) is 5.25 Å². The van der Waals surface area contributed by atoms with Gasteiger partial charge in [0.25, 0.3) is 0 Å². The van der Waals surface area contributed by atoms with Crippen LogP contribution in [0.25, 0.3) is 0 Å². The maximum atomic E-state index is 11.4. The van der Waals surface area contributed by atoms with Gasteiger partial charge < -0.3 is 10.4 Å². The minimum absolute atomic E-state index is 0.107. The molecule has 0 aliphatic rings. The number of rotatable bonds is 6. The third-order valence-corrected chi connectivity index (χ3v) is 3.64. The summed E-state index contributed by atoms with van der Waals surface area (Å²) in [6.45, 7) is 5.34. The largest absolute Gasteiger partial charge is 0.395 e. The zero-order chi connectivity index (χ0) is 11.1. The Morgan fingerprint density at radius 1 is 1.50 bits per heavy atom. The van der Waals surface area contributed by atoms with Gasteiger partial charge in [-0.25, -0.2) is 0 Å². The van der Waals surface area contributed by atoms with Gasteiger partial charge in [-0.1, -0.05) is 6.92 Å². The summed E-state index contributed by atoms with van der Waals surface area (Å²) in [4.78, 5) is 11.4. The molecule has 0 aromatic heterocycles. The van der Waals surface area contributed by atoms with Crippen LogP contribution in [0.15, 0.2) is 0 Å². The van der Waals surface area contributed by atoms with Crippen LogP contribution < -0.4 is 5.32 Å². The fourth-order valence-electron chi connectivity index (χ4n) is 0.848. The minimum atomic E-state index is -1.28. The molecular weight excluding hydrogens is 202 g/mol. The van der Waals surface area contributed by atoms with Crippen molar-refractivity contribution in [3.63, 3.8) is 0 Å². The SMILES string of the molecule is CCC(C)NC(=O)C(C)S(=O)CCO. The van der Waals surface area contributed by atoms with Crippen LogP contribution in [0, 0.1) is 0 Å². The van der Waals surface area contributed by atoms with Crippen molar-refractivity contribution in [2.45, 2.75) is 38.5 Å². The third-order valence-electron chi connectivity index (χ3n) is 2.06. The topological polar surface area (TPSA) is 66.4 Å². The minimum Gasteiger partial charge on any atom is -0.395 e. The van der Waals surface area contributed by atoms with Crippen LogP contribution in [0.2, 0.25) is 0 Å². The van der Waals surface area contributed by atoms with Gasteiger partial charge in [-0.2, -0.15) is 0 Å². The lowest BCUT2D eigenvalue weighted by Crippen LogP contribution is -2.41. The van der Waals surface area contributed by atoms with Gasteiger partial charge in [-0.15, -0.1) is 0 Å². The maximum absolute atomic E-state index is 11.4. The Balaban J connectivity index is 4.04. The number of nitrogens with one attached hydrogen (secondary N) is 1. The highest BCUT2D eigenvalue weighted by molar-refractivity contribution is 7.86. The molecular formula is C9H19NO3S. The van der Waals surface area contributed by atoms with Gasteiger partial charge in [0.2, 0.25) is 5.91 Å². The molecule has 14 heavy (non-hydrogen) atoms. The highest BCUT2D eigenvalue weighted by Crippen LogP contribution is 1.98. The van der Waals surface area contributed by atoms with E-state index >= 15 is 0 Å². The number of carbonyl (C=O) groups is 1. The van der Waals surface area contributed by atoms with Gasteiger partial charge in [0.15, 0.2) is 0 Å². The number of hydrogen-bond donors (Lipinski definition) is 2. The lowest BCUT2D eigenvalue weighted by Gasteiger charge is -2.15. The van der Waals surface area contributed by atoms with E-state index < -0.39 is 16.0 Å². The zero-order valence-electron chi connectivity index (χ0n) is 8.95. The molecule has 84 valence electrons. The lowest BCUT2D eigenvalue weighted by molar-refractivity contribution is -0.120. The molecule has 0 fully saturated rings. The van der Waals surface area contributed by atoms with Crippen molar-refractivity contribution in [3.8, 4) is 0 Å². The highest BCUT2D eigenvalue weighted by Gasteiger charge is 2.20. The second kappa shape index (κ2) is 6.95. The fraction of sp³-hybridized carbons (Fsp3) is 0.889. The second-order valence-electron chi connectivity index (χ2n) is 3.27. The van der Waals surface area contributed by atoms with E-state index in [1.807, 2.05) is 13.8 Å². The number of aliphatic hydroxyl groups is 1. The molecule has 0 aromatic rings. The Labute approximate surface area is 87.5 Å². The summed E-state index contributed by atoms with van der Waals surface area (Å²) in [7, 11) is -1.28. The van der Waals surface area contributed by atoms with E-state index in [9.17, 15) is 9.00 Å². The Morgan fingerprint density at radius 2 is 2.07 bits per heavy atom. The van der Waals surface area contributed by atoms with E-state index in [2.05, 4.69) is 5.32 Å². The smallest absolute Gasteiger partial charge is 0.235 e. The van der Waals surface area contributed by atoms with E-state index in [1.54, 1.807) is 6.92 Å². The molecule has 0 spiro atoms. The summed E-state index contributed by atoms with van der Waals surface area (Å²) in [6.07, 6.45) is 0.852. The first-order valence-corrected chi connectivity index (χ1v) is 6.19. The predicted octanol–water partition coefficient (Wildman–Crippen LogP) is 0.0306. The van der Waals surface area contributed by atoms with Crippen LogP contribution in [0.1, 0.15) is 27.2 Å². The van der Waals surface area contributed by atoms with Crippen molar-refractivity contribution in [2.75, 3.05) is 12.4 Å². The third kappa shape index (κ3) is 4.72. The molecule has 0 rings (SSSR count). The van der Waals surface area contributed by atoms with E-state index in [4.69, 9.17) is 5.11 Å². The first kappa shape index (κ1) is 13.6. The van der Waals surface area contributed by atoms with Gasteiger partial charge in [0, 0.05) is 22.6 Å². The summed E-state index contributed by atoms with van der Waals surface area (Å²) in [6, 6.07) is 0.107. The summed E-state index contributed by atoms with van der Waals surface area (Å²) in [5, 5.41) is 10.8. The first-order chi connectivity index (χ1) is 6.52. The quantitative estimate of drug-likeness (QED) is 0.665. The molecule has 0 aliphatic heterocycles. The van der Waals surface area contributed by atoms with E-state index in [0.717, 1.165) is 6.42 Å². The summed E-state index contributed by atoms with van der Waals surface area (Å²) >= 11 is 0. The van der Waals surface area contributed by atoms with Gasteiger partial charge in [-0.3, -0.25) is 9.00 Å². The number of amides is 1. The van der Waals surface area contributed by atoms with Crippen LogP contribution in [-0.2, 0) is 15.6 Å². The van der Waals surface area contributed by atoms with Crippen molar-refractivity contribution in [1.29, 1.82) is 0 Å². The second-order valence-corrected chi connectivity index (χ2v) is 5.15. The van der Waals surface area contributed by atoms with Crippen LogP contribution in [-0.4, -0.2) is 38.9 Å². The monoisotopic (exact) mass is 221 g/mol. The lowest BCUT2D eigenvalue weighted by atomic mass is 10.2.